The largest absolute Gasteiger partial charge is 0.456 e. The fourth-order valence-corrected chi connectivity index (χ4v) is 7.58. The van der Waals surface area contributed by atoms with Gasteiger partial charge in [0.25, 0.3) is 0 Å². The average molecular weight is 612 g/mol. The van der Waals surface area contributed by atoms with Gasteiger partial charge in [0.15, 0.2) is 0 Å². The van der Waals surface area contributed by atoms with E-state index in [1.807, 2.05) is 6.07 Å². The first-order chi connectivity index (χ1) is 23.8. The van der Waals surface area contributed by atoms with Gasteiger partial charge in [0.1, 0.15) is 11.2 Å². The summed E-state index contributed by atoms with van der Waals surface area (Å²) in [7, 11) is 0. The van der Waals surface area contributed by atoms with Gasteiger partial charge in [-0.05, 0) is 103 Å². The van der Waals surface area contributed by atoms with Crippen molar-refractivity contribution in [3.05, 3.63) is 176 Å². The van der Waals surface area contributed by atoms with Crippen molar-refractivity contribution in [2.45, 2.75) is 0 Å². The van der Waals surface area contributed by atoms with E-state index in [4.69, 9.17) is 4.42 Å². The van der Waals surface area contributed by atoms with E-state index in [9.17, 15) is 0 Å². The Morgan fingerprint density at radius 2 is 0.896 bits per heavy atom. The van der Waals surface area contributed by atoms with Gasteiger partial charge < -0.3 is 9.32 Å². The molecule has 2 heteroatoms. The molecule has 0 amide bonds. The summed E-state index contributed by atoms with van der Waals surface area (Å²) in [4.78, 5) is 2.38. The molecule has 0 bridgehead atoms. The predicted molar refractivity (Wildman–Crippen MR) is 204 cm³/mol. The molecule has 0 atom stereocenters. The number of anilines is 3. The summed E-state index contributed by atoms with van der Waals surface area (Å²) in [6, 6.07) is 63.3. The summed E-state index contributed by atoms with van der Waals surface area (Å²) in [6.07, 6.45) is 0. The molecule has 0 unspecified atom stereocenters. The Morgan fingerprint density at radius 3 is 1.75 bits per heavy atom. The zero-order valence-electron chi connectivity index (χ0n) is 26.1. The molecular formula is C46H29NO. The maximum Gasteiger partial charge on any atom is 0.136 e. The van der Waals surface area contributed by atoms with Crippen molar-refractivity contribution >= 4 is 82.1 Å². The quantitative estimate of drug-likeness (QED) is 0.184. The Labute approximate surface area is 277 Å². The Morgan fingerprint density at radius 1 is 0.312 bits per heavy atom. The molecule has 0 radical (unpaired) electrons. The average Bonchev–Trinajstić information content (AvgIpc) is 3.54. The highest BCUT2D eigenvalue weighted by atomic mass is 16.3. The topological polar surface area (TPSA) is 16.4 Å². The van der Waals surface area contributed by atoms with Crippen LogP contribution < -0.4 is 4.90 Å². The minimum absolute atomic E-state index is 0.916. The number of furan rings is 1. The number of hydrogen-bond acceptors (Lipinski definition) is 2. The third-order valence-corrected chi connectivity index (χ3v) is 9.81. The minimum atomic E-state index is 0.916. The summed E-state index contributed by atoms with van der Waals surface area (Å²) in [5.41, 5.74) is 7.58. The zero-order valence-corrected chi connectivity index (χ0v) is 26.1. The SMILES string of the molecule is c1ccc(-c2ccc(N(c3ccc4ccccc4c3)c3ccc4c5ccccc5c5c(ccc6oc7ccccc7c65)c4c3)cc2)cc1. The molecule has 0 aliphatic heterocycles. The molecule has 0 saturated heterocycles. The standard InChI is InChI=1S/C46H29NO/c1-2-10-30(11-3-1)32-18-21-34(22-19-32)47(35-23-20-31-12-4-5-13-33(31)28-35)36-24-25-38-37-14-6-7-15-39(37)45-40(42(38)29-36)26-27-44-46(45)41-16-8-9-17-43(41)48-44/h1-29H. The molecule has 0 fully saturated rings. The van der Waals surface area contributed by atoms with E-state index in [2.05, 4.69) is 175 Å². The lowest BCUT2D eigenvalue weighted by atomic mass is 9.91. The molecule has 48 heavy (non-hydrogen) atoms. The van der Waals surface area contributed by atoms with Crippen molar-refractivity contribution in [3.8, 4) is 11.1 Å². The van der Waals surface area contributed by atoms with Gasteiger partial charge in [-0.15, -0.1) is 0 Å². The van der Waals surface area contributed by atoms with Gasteiger partial charge in [0, 0.05) is 33.2 Å². The molecule has 0 N–H and O–H groups in total. The van der Waals surface area contributed by atoms with Gasteiger partial charge in [-0.3, -0.25) is 0 Å². The first-order valence-corrected chi connectivity index (χ1v) is 16.4. The van der Waals surface area contributed by atoms with Gasteiger partial charge in [0.05, 0.1) is 0 Å². The molecule has 1 aromatic heterocycles. The van der Waals surface area contributed by atoms with Crippen LogP contribution in [0, 0.1) is 0 Å². The van der Waals surface area contributed by atoms with Crippen molar-refractivity contribution in [1.29, 1.82) is 0 Å². The summed E-state index contributed by atoms with van der Waals surface area (Å²) < 4.78 is 6.37. The molecule has 0 aliphatic rings. The molecule has 224 valence electrons. The number of rotatable bonds is 4. The van der Waals surface area contributed by atoms with Gasteiger partial charge in [-0.1, -0.05) is 121 Å². The maximum atomic E-state index is 6.37. The fourth-order valence-electron chi connectivity index (χ4n) is 7.58. The van der Waals surface area contributed by atoms with Gasteiger partial charge in [-0.25, -0.2) is 0 Å². The molecule has 0 saturated carbocycles. The van der Waals surface area contributed by atoms with Crippen molar-refractivity contribution in [2.75, 3.05) is 4.90 Å². The van der Waals surface area contributed by atoms with Crippen molar-refractivity contribution < 1.29 is 4.42 Å². The van der Waals surface area contributed by atoms with Crippen molar-refractivity contribution in [1.82, 2.24) is 0 Å². The van der Waals surface area contributed by atoms with Crippen LogP contribution in [0.2, 0.25) is 0 Å². The van der Waals surface area contributed by atoms with E-state index >= 15 is 0 Å². The van der Waals surface area contributed by atoms with E-state index < -0.39 is 0 Å². The number of hydrogen-bond donors (Lipinski definition) is 0. The van der Waals surface area contributed by atoms with Crippen LogP contribution in [0.25, 0.3) is 76.2 Å². The van der Waals surface area contributed by atoms with E-state index in [-0.39, 0.29) is 0 Å². The Hall–Kier alpha value is -6.38. The highest BCUT2D eigenvalue weighted by molar-refractivity contribution is 6.34. The smallest absolute Gasteiger partial charge is 0.136 e. The van der Waals surface area contributed by atoms with Gasteiger partial charge in [-0.2, -0.15) is 0 Å². The summed E-state index contributed by atoms with van der Waals surface area (Å²) >= 11 is 0. The van der Waals surface area contributed by atoms with Gasteiger partial charge >= 0.3 is 0 Å². The maximum absolute atomic E-state index is 6.37. The van der Waals surface area contributed by atoms with Crippen LogP contribution in [0.5, 0.6) is 0 Å². The molecule has 0 spiro atoms. The molecule has 1 heterocycles. The molecular weight excluding hydrogens is 583 g/mol. The lowest BCUT2D eigenvalue weighted by Crippen LogP contribution is -2.10. The normalized spacial score (nSPS) is 11.8. The minimum Gasteiger partial charge on any atom is -0.456 e. The van der Waals surface area contributed by atoms with Crippen molar-refractivity contribution in [2.24, 2.45) is 0 Å². The van der Waals surface area contributed by atoms with Crippen LogP contribution in [0.3, 0.4) is 0 Å². The van der Waals surface area contributed by atoms with E-state index in [0.717, 1.165) is 33.6 Å². The second-order valence-electron chi connectivity index (χ2n) is 12.5. The van der Waals surface area contributed by atoms with Crippen LogP contribution in [-0.2, 0) is 0 Å². The highest BCUT2D eigenvalue weighted by Gasteiger charge is 2.19. The second kappa shape index (κ2) is 10.6. The predicted octanol–water partition coefficient (Wildman–Crippen LogP) is 13.3. The van der Waals surface area contributed by atoms with Gasteiger partial charge in [0.2, 0.25) is 0 Å². The highest BCUT2D eigenvalue weighted by Crippen LogP contribution is 2.45. The van der Waals surface area contributed by atoms with Crippen LogP contribution >= 0.6 is 0 Å². The van der Waals surface area contributed by atoms with Crippen LogP contribution in [0.15, 0.2) is 180 Å². The van der Waals surface area contributed by atoms with E-state index in [1.165, 1.54) is 59.6 Å². The van der Waals surface area contributed by atoms with Crippen LogP contribution in [0.4, 0.5) is 17.1 Å². The number of nitrogens with zero attached hydrogens (tertiary/aromatic N) is 1. The van der Waals surface area contributed by atoms with E-state index in [0.29, 0.717) is 0 Å². The molecule has 10 rings (SSSR count). The third-order valence-electron chi connectivity index (χ3n) is 9.81. The van der Waals surface area contributed by atoms with Crippen LogP contribution in [0.1, 0.15) is 0 Å². The molecule has 2 nitrogen and oxygen atoms in total. The molecule has 10 aromatic rings. The Balaban J connectivity index is 1.25. The molecule has 9 aromatic carbocycles. The lowest BCUT2D eigenvalue weighted by molar-refractivity contribution is 0.669. The summed E-state index contributed by atoms with van der Waals surface area (Å²) in [6.45, 7) is 0. The monoisotopic (exact) mass is 611 g/mol. The Bertz CT molecular complexity index is 2830. The number of para-hydroxylation sites is 1. The lowest BCUT2D eigenvalue weighted by Gasteiger charge is -2.27. The van der Waals surface area contributed by atoms with E-state index in [1.54, 1.807) is 0 Å². The number of fused-ring (bicyclic) bond motifs is 11. The first-order valence-electron chi connectivity index (χ1n) is 16.4. The third kappa shape index (κ3) is 4.13. The van der Waals surface area contributed by atoms with Crippen LogP contribution in [-0.4, -0.2) is 0 Å². The number of benzene rings is 9. The summed E-state index contributed by atoms with van der Waals surface area (Å²) in [5, 5.41) is 12.2. The van der Waals surface area contributed by atoms with Crippen molar-refractivity contribution in [3.63, 3.8) is 0 Å². The Kier molecular flexibility index (Phi) is 5.91. The fraction of sp³-hybridized carbons (Fsp3) is 0. The summed E-state index contributed by atoms with van der Waals surface area (Å²) in [5.74, 6) is 0. The first kappa shape index (κ1) is 26.8. The molecule has 0 aliphatic carbocycles. The second-order valence-corrected chi connectivity index (χ2v) is 12.5. The zero-order chi connectivity index (χ0) is 31.6.